The molecule has 2 N–H and O–H groups in total. The summed E-state index contributed by atoms with van der Waals surface area (Å²) in [4.78, 5) is 21.9. The standard InChI is InChI=1S/C12H17F4NO3/c13-9(14)12(15,16)10(20)17-7-11(6-8(18)19)4-2-1-3-5-11/h9H,1-7H2,(H,17,20)(H,18,19). The number of hydrogen-bond donors (Lipinski definition) is 2. The number of nitrogens with one attached hydrogen (secondary N) is 1. The molecule has 0 heterocycles. The van der Waals surface area contributed by atoms with E-state index < -0.39 is 29.6 Å². The van der Waals surface area contributed by atoms with Crippen LogP contribution in [0, 0.1) is 5.41 Å². The lowest BCUT2D eigenvalue weighted by molar-refractivity contribution is -0.170. The molecule has 0 aromatic carbocycles. The monoisotopic (exact) mass is 299 g/mol. The quantitative estimate of drug-likeness (QED) is 0.740. The molecule has 0 saturated heterocycles. The third-order valence-electron chi connectivity index (χ3n) is 3.64. The molecule has 0 spiro atoms. The van der Waals surface area contributed by atoms with Gasteiger partial charge in [-0.25, -0.2) is 8.78 Å². The van der Waals surface area contributed by atoms with Crippen LogP contribution in [0.2, 0.25) is 0 Å². The minimum Gasteiger partial charge on any atom is -0.481 e. The molecule has 116 valence electrons. The van der Waals surface area contributed by atoms with Gasteiger partial charge in [0.05, 0.1) is 6.42 Å². The second-order valence-electron chi connectivity index (χ2n) is 5.24. The van der Waals surface area contributed by atoms with Gasteiger partial charge in [-0.3, -0.25) is 9.59 Å². The topological polar surface area (TPSA) is 66.4 Å². The van der Waals surface area contributed by atoms with Crippen LogP contribution in [-0.2, 0) is 9.59 Å². The van der Waals surface area contributed by atoms with Crippen molar-refractivity contribution in [1.29, 1.82) is 0 Å². The summed E-state index contributed by atoms with van der Waals surface area (Å²) in [6, 6.07) is 0. The SMILES string of the molecule is O=C(O)CC1(CNC(=O)C(F)(F)C(F)F)CCCCC1. The number of carbonyl (C=O) groups excluding carboxylic acids is 1. The summed E-state index contributed by atoms with van der Waals surface area (Å²) < 4.78 is 49.7. The van der Waals surface area contributed by atoms with Crippen LogP contribution in [0.3, 0.4) is 0 Å². The maximum absolute atomic E-state index is 12.8. The summed E-state index contributed by atoms with van der Waals surface area (Å²) in [7, 11) is 0. The first-order chi connectivity index (χ1) is 9.19. The van der Waals surface area contributed by atoms with Gasteiger partial charge in [-0.05, 0) is 18.3 Å². The number of amides is 1. The molecule has 0 unspecified atom stereocenters. The molecule has 1 rings (SSSR count). The van der Waals surface area contributed by atoms with Crippen LogP contribution < -0.4 is 5.32 Å². The first kappa shape index (κ1) is 16.7. The van der Waals surface area contributed by atoms with Crippen LogP contribution in [0.4, 0.5) is 17.6 Å². The zero-order valence-electron chi connectivity index (χ0n) is 10.8. The molecule has 0 aromatic heterocycles. The number of rotatable bonds is 6. The zero-order chi connectivity index (χ0) is 15.4. The summed E-state index contributed by atoms with van der Waals surface area (Å²) >= 11 is 0. The second-order valence-corrected chi connectivity index (χ2v) is 5.24. The van der Waals surface area contributed by atoms with Crippen molar-refractivity contribution in [2.24, 2.45) is 5.41 Å². The lowest BCUT2D eigenvalue weighted by Gasteiger charge is -2.36. The number of halogens is 4. The van der Waals surface area contributed by atoms with Gasteiger partial charge in [0.2, 0.25) is 0 Å². The normalized spacial score (nSPS) is 18.9. The average Bonchev–Trinajstić information content (AvgIpc) is 2.36. The van der Waals surface area contributed by atoms with Crippen LogP contribution in [0.15, 0.2) is 0 Å². The average molecular weight is 299 g/mol. The van der Waals surface area contributed by atoms with Crippen molar-refractivity contribution < 1.29 is 32.3 Å². The highest BCUT2D eigenvalue weighted by atomic mass is 19.3. The molecule has 0 bridgehead atoms. The van der Waals surface area contributed by atoms with Gasteiger partial charge in [0.25, 0.3) is 5.91 Å². The number of carboxylic acid groups (broad SMARTS) is 1. The van der Waals surface area contributed by atoms with E-state index in [1.165, 1.54) is 0 Å². The highest BCUT2D eigenvalue weighted by Crippen LogP contribution is 2.39. The van der Waals surface area contributed by atoms with Crippen molar-refractivity contribution in [2.75, 3.05) is 6.54 Å². The Morgan fingerprint density at radius 1 is 1.20 bits per heavy atom. The highest BCUT2D eigenvalue weighted by molar-refractivity contribution is 5.83. The van der Waals surface area contributed by atoms with Gasteiger partial charge in [-0.15, -0.1) is 0 Å². The predicted molar refractivity (Wildman–Crippen MR) is 61.7 cm³/mol. The number of carboxylic acids is 1. The molecule has 20 heavy (non-hydrogen) atoms. The summed E-state index contributed by atoms with van der Waals surface area (Å²) in [5, 5.41) is 10.7. The molecule has 0 aromatic rings. The summed E-state index contributed by atoms with van der Waals surface area (Å²) in [5.74, 6) is -7.90. The van der Waals surface area contributed by atoms with Crippen LogP contribution in [0.1, 0.15) is 38.5 Å². The Kier molecular flexibility index (Phi) is 5.35. The van der Waals surface area contributed by atoms with Gasteiger partial charge in [-0.1, -0.05) is 19.3 Å². The largest absolute Gasteiger partial charge is 0.481 e. The molecule has 1 aliphatic carbocycles. The molecule has 1 amide bonds. The van der Waals surface area contributed by atoms with Gasteiger partial charge in [0.1, 0.15) is 0 Å². The fraction of sp³-hybridized carbons (Fsp3) is 0.833. The van der Waals surface area contributed by atoms with E-state index in [2.05, 4.69) is 0 Å². The van der Waals surface area contributed by atoms with E-state index in [-0.39, 0.29) is 13.0 Å². The molecular weight excluding hydrogens is 282 g/mol. The van der Waals surface area contributed by atoms with Crippen molar-refractivity contribution in [3.8, 4) is 0 Å². The van der Waals surface area contributed by atoms with Crippen molar-refractivity contribution in [2.45, 2.75) is 50.9 Å². The Morgan fingerprint density at radius 3 is 2.20 bits per heavy atom. The van der Waals surface area contributed by atoms with Gasteiger partial charge >= 0.3 is 18.3 Å². The minimum absolute atomic E-state index is 0.270. The lowest BCUT2D eigenvalue weighted by atomic mass is 9.71. The number of carbonyl (C=O) groups is 2. The fourth-order valence-electron chi connectivity index (χ4n) is 2.52. The molecule has 4 nitrogen and oxygen atoms in total. The van der Waals surface area contributed by atoms with Crippen molar-refractivity contribution >= 4 is 11.9 Å². The number of aliphatic carboxylic acids is 1. The molecule has 8 heteroatoms. The first-order valence-corrected chi connectivity index (χ1v) is 6.36. The zero-order valence-corrected chi connectivity index (χ0v) is 10.8. The predicted octanol–water partition coefficient (Wildman–Crippen LogP) is 2.43. The van der Waals surface area contributed by atoms with E-state index >= 15 is 0 Å². The summed E-state index contributed by atoms with van der Waals surface area (Å²) in [6.07, 6.45) is -1.04. The number of hydrogen-bond acceptors (Lipinski definition) is 2. The van der Waals surface area contributed by atoms with Gasteiger partial charge in [0.15, 0.2) is 0 Å². The molecule has 1 aliphatic rings. The molecule has 1 saturated carbocycles. The Labute approximate surface area is 113 Å². The maximum Gasteiger partial charge on any atom is 0.383 e. The van der Waals surface area contributed by atoms with Crippen LogP contribution in [0.5, 0.6) is 0 Å². The highest BCUT2D eigenvalue weighted by Gasteiger charge is 2.49. The van der Waals surface area contributed by atoms with Gasteiger partial charge in [-0.2, -0.15) is 8.78 Å². The maximum atomic E-state index is 12.8. The van der Waals surface area contributed by atoms with E-state index in [0.717, 1.165) is 19.3 Å². The third-order valence-corrected chi connectivity index (χ3v) is 3.64. The van der Waals surface area contributed by atoms with Crippen molar-refractivity contribution in [3.05, 3.63) is 0 Å². The second kappa shape index (κ2) is 6.41. The molecule has 0 atom stereocenters. The van der Waals surface area contributed by atoms with E-state index in [4.69, 9.17) is 5.11 Å². The van der Waals surface area contributed by atoms with Gasteiger partial charge in [0, 0.05) is 6.54 Å². The summed E-state index contributed by atoms with van der Waals surface area (Å²) in [5.41, 5.74) is -0.821. The first-order valence-electron chi connectivity index (χ1n) is 6.36. The Balaban J connectivity index is 2.67. The van der Waals surface area contributed by atoms with E-state index in [0.29, 0.717) is 12.8 Å². The Bertz CT molecular complexity index is 368. The van der Waals surface area contributed by atoms with E-state index in [1.807, 2.05) is 0 Å². The van der Waals surface area contributed by atoms with E-state index in [9.17, 15) is 27.2 Å². The fourth-order valence-corrected chi connectivity index (χ4v) is 2.52. The minimum atomic E-state index is -4.75. The smallest absolute Gasteiger partial charge is 0.383 e. The Hall–Kier alpha value is -1.34. The molecule has 1 fully saturated rings. The third kappa shape index (κ3) is 4.08. The molecular formula is C12H17F4NO3. The summed E-state index contributed by atoms with van der Waals surface area (Å²) in [6.45, 7) is -0.319. The van der Waals surface area contributed by atoms with Crippen molar-refractivity contribution in [3.63, 3.8) is 0 Å². The van der Waals surface area contributed by atoms with E-state index in [1.54, 1.807) is 5.32 Å². The van der Waals surface area contributed by atoms with Crippen LogP contribution in [-0.4, -0.2) is 35.9 Å². The van der Waals surface area contributed by atoms with Crippen molar-refractivity contribution in [1.82, 2.24) is 5.32 Å². The molecule has 0 aliphatic heterocycles. The van der Waals surface area contributed by atoms with Crippen LogP contribution >= 0.6 is 0 Å². The van der Waals surface area contributed by atoms with Gasteiger partial charge < -0.3 is 10.4 Å². The number of alkyl halides is 4. The molecule has 0 radical (unpaired) electrons. The van der Waals surface area contributed by atoms with Crippen LogP contribution in [0.25, 0.3) is 0 Å². The lowest BCUT2D eigenvalue weighted by Crippen LogP contribution is -2.49. The Morgan fingerprint density at radius 2 is 1.75 bits per heavy atom.